The molecule has 100 valence electrons. The summed E-state index contributed by atoms with van der Waals surface area (Å²) in [6, 6.07) is 9.73. The average Bonchev–Trinajstić information content (AvgIpc) is 2.44. The largest absolute Gasteiger partial charge is 0.445 e. The maximum atomic E-state index is 12.0. The fourth-order valence-corrected chi connectivity index (χ4v) is 1.76. The zero-order valence-electron chi connectivity index (χ0n) is 11.8. The molecule has 18 heavy (non-hydrogen) atoms. The number of nitrogens with zero attached hydrogens (tertiary/aromatic N) is 1. The zero-order valence-corrected chi connectivity index (χ0v) is 11.8. The fourth-order valence-electron chi connectivity index (χ4n) is 1.76. The Morgan fingerprint density at radius 1 is 1.22 bits per heavy atom. The summed E-state index contributed by atoms with van der Waals surface area (Å²) in [6.45, 7) is 6.58. The molecule has 0 aliphatic rings. The first-order valence-corrected chi connectivity index (χ1v) is 6.48. The van der Waals surface area contributed by atoms with Crippen LogP contribution in [0.1, 0.15) is 39.2 Å². The zero-order chi connectivity index (χ0) is 13.6. The molecule has 1 aromatic rings. The van der Waals surface area contributed by atoms with Crippen LogP contribution in [0, 0.1) is 0 Å². The van der Waals surface area contributed by atoms with Crippen LogP contribution in [0.4, 0.5) is 4.79 Å². The molecule has 1 amide bonds. The van der Waals surface area contributed by atoms with Crippen molar-refractivity contribution in [3.8, 4) is 0 Å². The fraction of sp³-hybridized carbons (Fsp3) is 0.533. The first-order valence-electron chi connectivity index (χ1n) is 6.48. The second-order valence-corrected chi connectivity index (χ2v) is 4.80. The molecule has 0 saturated carbocycles. The minimum atomic E-state index is -0.259. The Morgan fingerprint density at radius 3 is 2.28 bits per heavy atom. The highest BCUT2D eigenvalue weighted by Crippen LogP contribution is 2.22. The maximum absolute atomic E-state index is 12.0. The van der Waals surface area contributed by atoms with E-state index in [1.165, 1.54) is 0 Å². The molecule has 1 rings (SSSR count). The van der Waals surface area contributed by atoms with Gasteiger partial charge in [0.25, 0.3) is 0 Å². The average molecular weight is 249 g/mol. The third-order valence-corrected chi connectivity index (χ3v) is 3.81. The van der Waals surface area contributed by atoms with Crippen molar-refractivity contribution in [3.63, 3.8) is 0 Å². The molecule has 3 heteroatoms. The van der Waals surface area contributed by atoms with E-state index in [2.05, 4.69) is 20.8 Å². The van der Waals surface area contributed by atoms with Crippen LogP contribution in [-0.2, 0) is 11.3 Å². The van der Waals surface area contributed by atoms with Gasteiger partial charge in [0.1, 0.15) is 6.61 Å². The van der Waals surface area contributed by atoms with Gasteiger partial charge in [-0.05, 0) is 25.3 Å². The van der Waals surface area contributed by atoms with Gasteiger partial charge in [0.2, 0.25) is 0 Å². The van der Waals surface area contributed by atoms with Gasteiger partial charge >= 0.3 is 6.09 Å². The number of carbonyl (C=O) groups excluding carboxylic acids is 1. The summed E-state index contributed by atoms with van der Waals surface area (Å²) in [7, 11) is 1.81. The molecule has 0 N–H and O–H groups in total. The standard InChI is InChI=1S/C15H23NO2/c1-5-15(3,6-2)16(4)14(17)18-12-13-10-8-7-9-11-13/h7-11H,5-6,12H2,1-4H3. The van der Waals surface area contributed by atoms with Crippen LogP contribution in [0.25, 0.3) is 0 Å². The molecule has 0 heterocycles. The van der Waals surface area contributed by atoms with Crippen LogP contribution in [0.3, 0.4) is 0 Å². The lowest BCUT2D eigenvalue weighted by Crippen LogP contribution is -2.46. The van der Waals surface area contributed by atoms with Crippen molar-refractivity contribution in [2.45, 2.75) is 45.8 Å². The number of rotatable bonds is 5. The summed E-state index contributed by atoms with van der Waals surface area (Å²) < 4.78 is 5.33. The first kappa shape index (κ1) is 14.6. The van der Waals surface area contributed by atoms with E-state index in [9.17, 15) is 4.79 Å². The van der Waals surface area contributed by atoms with Gasteiger partial charge in [-0.1, -0.05) is 44.2 Å². The molecule has 0 radical (unpaired) electrons. The van der Waals surface area contributed by atoms with E-state index >= 15 is 0 Å². The Labute approximate surface area is 110 Å². The van der Waals surface area contributed by atoms with Crippen molar-refractivity contribution in [1.29, 1.82) is 0 Å². The number of ether oxygens (including phenoxy) is 1. The molecular formula is C15H23NO2. The Morgan fingerprint density at radius 2 is 1.78 bits per heavy atom. The lowest BCUT2D eigenvalue weighted by atomic mass is 9.94. The molecular weight excluding hydrogens is 226 g/mol. The highest BCUT2D eigenvalue weighted by Gasteiger charge is 2.29. The number of benzene rings is 1. The number of hydrogen-bond donors (Lipinski definition) is 0. The quantitative estimate of drug-likeness (QED) is 0.793. The van der Waals surface area contributed by atoms with Gasteiger partial charge in [0, 0.05) is 12.6 Å². The van der Waals surface area contributed by atoms with E-state index in [4.69, 9.17) is 4.74 Å². The van der Waals surface area contributed by atoms with E-state index in [1.807, 2.05) is 30.3 Å². The second-order valence-electron chi connectivity index (χ2n) is 4.80. The number of carbonyl (C=O) groups is 1. The predicted octanol–water partition coefficient (Wildman–Crippen LogP) is 3.83. The second kappa shape index (κ2) is 6.43. The lowest BCUT2D eigenvalue weighted by molar-refractivity contribution is 0.0616. The van der Waals surface area contributed by atoms with Crippen LogP contribution in [0.2, 0.25) is 0 Å². The van der Waals surface area contributed by atoms with Crippen LogP contribution in [-0.4, -0.2) is 23.6 Å². The van der Waals surface area contributed by atoms with Crippen molar-refractivity contribution < 1.29 is 9.53 Å². The van der Waals surface area contributed by atoms with Gasteiger partial charge < -0.3 is 9.64 Å². The molecule has 0 aliphatic heterocycles. The summed E-state index contributed by atoms with van der Waals surface area (Å²) in [4.78, 5) is 13.7. The van der Waals surface area contributed by atoms with Crippen molar-refractivity contribution in [1.82, 2.24) is 4.90 Å². The summed E-state index contributed by atoms with van der Waals surface area (Å²) in [5.41, 5.74) is 0.877. The number of hydrogen-bond acceptors (Lipinski definition) is 2. The Balaban J connectivity index is 2.55. The Hall–Kier alpha value is -1.51. The summed E-state index contributed by atoms with van der Waals surface area (Å²) in [6.07, 6.45) is 1.57. The molecule has 0 unspecified atom stereocenters. The van der Waals surface area contributed by atoms with Crippen molar-refractivity contribution >= 4 is 6.09 Å². The predicted molar refractivity (Wildman–Crippen MR) is 73.4 cm³/mol. The lowest BCUT2D eigenvalue weighted by Gasteiger charge is -2.36. The molecule has 3 nitrogen and oxygen atoms in total. The highest BCUT2D eigenvalue weighted by molar-refractivity contribution is 5.68. The molecule has 0 spiro atoms. The normalized spacial score (nSPS) is 11.1. The van der Waals surface area contributed by atoms with E-state index in [0.29, 0.717) is 6.61 Å². The molecule has 0 saturated heterocycles. The topological polar surface area (TPSA) is 29.5 Å². The van der Waals surface area contributed by atoms with Gasteiger partial charge in [-0.3, -0.25) is 0 Å². The minimum Gasteiger partial charge on any atom is -0.445 e. The van der Waals surface area contributed by atoms with Crippen LogP contribution < -0.4 is 0 Å². The Bertz CT molecular complexity index is 371. The minimum absolute atomic E-state index is 0.131. The maximum Gasteiger partial charge on any atom is 0.410 e. The molecule has 0 aliphatic carbocycles. The monoisotopic (exact) mass is 249 g/mol. The first-order chi connectivity index (χ1) is 8.53. The third kappa shape index (κ3) is 3.49. The molecule has 1 aromatic carbocycles. The Kier molecular flexibility index (Phi) is 5.20. The van der Waals surface area contributed by atoms with E-state index in [1.54, 1.807) is 11.9 Å². The van der Waals surface area contributed by atoms with Gasteiger partial charge in [-0.2, -0.15) is 0 Å². The molecule has 0 atom stereocenters. The summed E-state index contributed by atoms with van der Waals surface area (Å²) in [5.74, 6) is 0. The van der Waals surface area contributed by atoms with Gasteiger partial charge in [-0.15, -0.1) is 0 Å². The van der Waals surface area contributed by atoms with Gasteiger partial charge in [-0.25, -0.2) is 4.79 Å². The van der Waals surface area contributed by atoms with Crippen molar-refractivity contribution in [2.75, 3.05) is 7.05 Å². The highest BCUT2D eigenvalue weighted by atomic mass is 16.6. The summed E-state index contributed by atoms with van der Waals surface area (Å²) >= 11 is 0. The van der Waals surface area contributed by atoms with Crippen LogP contribution >= 0.6 is 0 Å². The van der Waals surface area contributed by atoms with Crippen LogP contribution in [0.15, 0.2) is 30.3 Å². The van der Waals surface area contributed by atoms with Crippen molar-refractivity contribution in [2.24, 2.45) is 0 Å². The molecule has 0 fully saturated rings. The molecule has 0 aromatic heterocycles. The summed E-state index contributed by atoms with van der Waals surface area (Å²) in [5, 5.41) is 0. The van der Waals surface area contributed by atoms with Gasteiger partial charge in [0.05, 0.1) is 0 Å². The smallest absolute Gasteiger partial charge is 0.410 e. The SMILES string of the molecule is CCC(C)(CC)N(C)C(=O)OCc1ccccc1. The van der Waals surface area contributed by atoms with E-state index < -0.39 is 0 Å². The third-order valence-electron chi connectivity index (χ3n) is 3.81. The van der Waals surface area contributed by atoms with E-state index in [0.717, 1.165) is 18.4 Å². The van der Waals surface area contributed by atoms with Crippen molar-refractivity contribution in [3.05, 3.63) is 35.9 Å². The number of amides is 1. The van der Waals surface area contributed by atoms with Gasteiger partial charge in [0.15, 0.2) is 0 Å². The van der Waals surface area contributed by atoms with Crippen LogP contribution in [0.5, 0.6) is 0 Å². The molecule has 0 bridgehead atoms. The van der Waals surface area contributed by atoms with E-state index in [-0.39, 0.29) is 11.6 Å².